The molecule has 37 heavy (non-hydrogen) atoms. The second-order valence-electron chi connectivity index (χ2n) is 10.5. The van der Waals surface area contributed by atoms with Crippen LogP contribution in [0.15, 0.2) is 60.7 Å². The number of anilines is 2. The Kier molecular flexibility index (Phi) is 7.58. The fourth-order valence-electron chi connectivity index (χ4n) is 5.99. The van der Waals surface area contributed by atoms with Gasteiger partial charge < -0.3 is 20.9 Å². The molecule has 0 atom stereocenters. The van der Waals surface area contributed by atoms with E-state index in [4.69, 9.17) is 15.7 Å². The van der Waals surface area contributed by atoms with Crippen molar-refractivity contribution in [1.29, 1.82) is 0 Å². The molecule has 0 aliphatic heterocycles. The molecule has 5 rings (SSSR count). The van der Waals surface area contributed by atoms with Crippen LogP contribution in [0.1, 0.15) is 67.0 Å². The monoisotopic (exact) mass is 498 g/mol. The van der Waals surface area contributed by atoms with Crippen LogP contribution in [-0.4, -0.2) is 47.1 Å². The molecule has 3 aromatic rings. The first-order chi connectivity index (χ1) is 18.0. The first-order valence-electron chi connectivity index (χ1n) is 13.5. The lowest BCUT2D eigenvalue weighted by molar-refractivity contribution is 0.140. The smallest absolute Gasteiger partial charge is 0.315 e. The van der Waals surface area contributed by atoms with E-state index in [1.807, 2.05) is 41.3 Å². The van der Waals surface area contributed by atoms with Gasteiger partial charge in [-0.3, -0.25) is 0 Å². The summed E-state index contributed by atoms with van der Waals surface area (Å²) in [7, 11) is 4.11. The number of fused-ring (bicyclic) bond motifs is 1. The largest absolute Gasteiger partial charge is 0.362 e. The number of aromatic nitrogens is 2. The molecule has 2 aromatic carbocycles. The van der Waals surface area contributed by atoms with Crippen LogP contribution in [0.3, 0.4) is 0 Å². The van der Waals surface area contributed by atoms with Gasteiger partial charge in [0, 0.05) is 31.7 Å². The van der Waals surface area contributed by atoms with Crippen molar-refractivity contribution in [3.63, 3.8) is 0 Å². The first kappa shape index (κ1) is 25.1. The quantitative estimate of drug-likeness (QED) is 0.461. The van der Waals surface area contributed by atoms with Crippen molar-refractivity contribution in [2.45, 2.75) is 69.5 Å². The number of nitrogens with two attached hydrogens (primary N) is 1. The van der Waals surface area contributed by atoms with Gasteiger partial charge in [0.1, 0.15) is 5.82 Å². The molecule has 3 N–H and O–H groups in total. The van der Waals surface area contributed by atoms with Gasteiger partial charge in [-0.1, -0.05) is 60.7 Å². The van der Waals surface area contributed by atoms with Gasteiger partial charge in [-0.2, -0.15) is 4.98 Å². The minimum absolute atomic E-state index is 0.0720. The van der Waals surface area contributed by atoms with Gasteiger partial charge in [0.2, 0.25) is 5.95 Å². The summed E-state index contributed by atoms with van der Waals surface area (Å²) in [6.07, 6.45) is 8.09. The lowest BCUT2D eigenvalue weighted by atomic mass is 9.87. The predicted molar refractivity (Wildman–Crippen MR) is 149 cm³/mol. The minimum atomic E-state index is -0.372. The lowest BCUT2D eigenvalue weighted by Gasteiger charge is -2.41. The molecule has 1 saturated carbocycles. The fraction of sp³-hybridized carbons (Fsp3) is 0.433. The number of hydrogen-bond donors (Lipinski definition) is 2. The third-order valence-corrected chi connectivity index (χ3v) is 7.77. The molecule has 0 spiro atoms. The maximum atomic E-state index is 12.9. The minimum Gasteiger partial charge on any atom is -0.362 e. The summed E-state index contributed by atoms with van der Waals surface area (Å²) in [6.45, 7) is 0. The second kappa shape index (κ2) is 11.2. The molecular formula is C30H38N6O. The summed E-state index contributed by atoms with van der Waals surface area (Å²) >= 11 is 0. The van der Waals surface area contributed by atoms with Gasteiger partial charge >= 0.3 is 6.03 Å². The highest BCUT2D eigenvalue weighted by molar-refractivity contribution is 5.74. The third kappa shape index (κ3) is 5.55. The maximum Gasteiger partial charge on any atom is 0.315 e. The van der Waals surface area contributed by atoms with E-state index in [9.17, 15) is 4.79 Å². The van der Waals surface area contributed by atoms with E-state index in [-0.39, 0.29) is 24.2 Å². The van der Waals surface area contributed by atoms with Crippen LogP contribution >= 0.6 is 0 Å². The van der Waals surface area contributed by atoms with E-state index in [1.165, 1.54) is 24.1 Å². The van der Waals surface area contributed by atoms with E-state index in [1.54, 1.807) is 0 Å². The van der Waals surface area contributed by atoms with Crippen molar-refractivity contribution >= 4 is 17.8 Å². The summed E-state index contributed by atoms with van der Waals surface area (Å²) in [4.78, 5) is 26.7. The molecule has 0 bridgehead atoms. The number of rotatable bonds is 7. The zero-order chi connectivity index (χ0) is 25.8. The van der Waals surface area contributed by atoms with Crippen molar-refractivity contribution in [3.05, 3.63) is 83.0 Å². The number of hydrogen-bond acceptors (Lipinski definition) is 5. The van der Waals surface area contributed by atoms with Gasteiger partial charge in [0.05, 0.1) is 11.7 Å². The predicted octanol–water partition coefficient (Wildman–Crippen LogP) is 5.31. The van der Waals surface area contributed by atoms with Crippen LogP contribution in [0, 0.1) is 0 Å². The summed E-state index contributed by atoms with van der Waals surface area (Å²) in [6, 6.07) is 20.2. The highest BCUT2D eigenvalue weighted by atomic mass is 16.2. The zero-order valence-corrected chi connectivity index (χ0v) is 21.9. The average molecular weight is 499 g/mol. The fourth-order valence-corrected chi connectivity index (χ4v) is 5.99. The van der Waals surface area contributed by atoms with Gasteiger partial charge in [-0.05, 0) is 62.5 Å². The molecule has 7 heteroatoms. The van der Waals surface area contributed by atoms with Crippen LogP contribution in [-0.2, 0) is 12.8 Å². The molecule has 0 unspecified atom stereocenters. The Hall–Kier alpha value is -3.61. The van der Waals surface area contributed by atoms with Crippen LogP contribution in [0.2, 0.25) is 0 Å². The Morgan fingerprint density at radius 1 is 0.892 bits per heavy atom. The second-order valence-corrected chi connectivity index (χ2v) is 10.5. The first-order valence-corrected chi connectivity index (χ1v) is 13.5. The van der Waals surface area contributed by atoms with Gasteiger partial charge in [-0.15, -0.1) is 0 Å². The topological polar surface area (TPSA) is 87.4 Å². The average Bonchev–Trinajstić information content (AvgIpc) is 2.92. The number of amides is 2. The van der Waals surface area contributed by atoms with E-state index >= 15 is 0 Å². The maximum absolute atomic E-state index is 12.9. The number of benzene rings is 2. The van der Waals surface area contributed by atoms with Crippen LogP contribution in [0.5, 0.6) is 0 Å². The molecule has 0 radical (unpaired) electrons. The standard InChI is InChI=1S/C30H38N6O/c1-35(2)28-25-15-9-10-16-26(25)33-30(34-28)32-23-17-19-24(20-18-23)36(29(31)37)27(21-11-5-3-6-12-21)22-13-7-4-8-14-22/h3-8,11-14,23-24,27H,9-10,15-20H2,1-2H3,(H2,31,37)(H,32,33,34). The van der Waals surface area contributed by atoms with Crippen LogP contribution < -0.4 is 16.0 Å². The molecule has 1 fully saturated rings. The molecule has 2 aliphatic rings. The van der Waals surface area contributed by atoms with E-state index in [0.29, 0.717) is 0 Å². The van der Waals surface area contributed by atoms with E-state index < -0.39 is 0 Å². The lowest BCUT2D eigenvalue weighted by Crippen LogP contribution is -2.48. The van der Waals surface area contributed by atoms with Gasteiger partial charge in [0.25, 0.3) is 0 Å². The highest BCUT2D eigenvalue weighted by Gasteiger charge is 2.34. The Balaban J connectivity index is 1.33. The molecule has 2 amide bonds. The van der Waals surface area contributed by atoms with Crippen LogP contribution in [0.4, 0.5) is 16.6 Å². The van der Waals surface area contributed by atoms with Crippen molar-refractivity contribution < 1.29 is 4.79 Å². The van der Waals surface area contributed by atoms with Crippen LogP contribution in [0.25, 0.3) is 0 Å². The Morgan fingerprint density at radius 3 is 2.05 bits per heavy atom. The molecule has 0 saturated heterocycles. The Labute approximate surface area is 220 Å². The SMILES string of the molecule is CN(C)c1nc(NC2CCC(N(C(N)=O)C(c3ccccc3)c3ccccc3)CC2)nc2c1CCCC2. The van der Waals surface area contributed by atoms with Crippen molar-refractivity contribution in [3.8, 4) is 0 Å². The summed E-state index contributed by atoms with van der Waals surface area (Å²) in [5, 5.41) is 3.62. The van der Waals surface area contributed by atoms with Crippen molar-refractivity contribution in [2.24, 2.45) is 5.73 Å². The molecule has 1 heterocycles. The number of aryl methyl sites for hydroxylation is 1. The van der Waals surface area contributed by atoms with E-state index in [2.05, 4.69) is 48.6 Å². The number of nitrogens with zero attached hydrogens (tertiary/aromatic N) is 4. The number of carbonyl (C=O) groups is 1. The Morgan fingerprint density at radius 2 is 1.49 bits per heavy atom. The third-order valence-electron chi connectivity index (χ3n) is 7.77. The number of primary amides is 1. The summed E-state index contributed by atoms with van der Waals surface area (Å²) < 4.78 is 0. The molecule has 194 valence electrons. The number of urea groups is 1. The Bertz CT molecular complexity index is 1150. The molecule has 2 aliphatic carbocycles. The molecule has 1 aromatic heterocycles. The summed E-state index contributed by atoms with van der Waals surface area (Å²) in [5.41, 5.74) is 10.7. The normalized spacial score (nSPS) is 19.2. The highest BCUT2D eigenvalue weighted by Crippen LogP contribution is 2.36. The molecule has 7 nitrogen and oxygen atoms in total. The van der Waals surface area contributed by atoms with Gasteiger partial charge in [-0.25, -0.2) is 9.78 Å². The van der Waals surface area contributed by atoms with E-state index in [0.717, 1.165) is 61.4 Å². The van der Waals surface area contributed by atoms with Gasteiger partial charge in [0.15, 0.2) is 0 Å². The number of nitrogens with one attached hydrogen (secondary N) is 1. The number of carbonyl (C=O) groups excluding carboxylic acids is 1. The zero-order valence-electron chi connectivity index (χ0n) is 21.9. The summed E-state index contributed by atoms with van der Waals surface area (Å²) in [5.74, 6) is 1.76. The van der Waals surface area contributed by atoms with Crippen molar-refractivity contribution in [1.82, 2.24) is 14.9 Å². The van der Waals surface area contributed by atoms with Crippen molar-refractivity contribution in [2.75, 3.05) is 24.3 Å². The molecular weight excluding hydrogens is 460 g/mol.